The molecule has 1 saturated heterocycles. The standard InChI is InChI=1S/C15H14BNO4/c1-17-9-14(18)20-16(21-15(19)10-17)13-7-6-11-4-2-3-5-12(11)8-13/h2-8H,9-10H2,1H3. The molecule has 1 heterocycles. The van der Waals surface area contributed by atoms with E-state index in [1.54, 1.807) is 18.0 Å². The van der Waals surface area contributed by atoms with E-state index in [0.717, 1.165) is 10.8 Å². The molecule has 1 aliphatic heterocycles. The predicted octanol–water partition coefficient (Wildman–Crippen LogP) is 0.567. The molecule has 0 unspecified atom stereocenters. The molecular formula is C15H14BNO4. The van der Waals surface area contributed by atoms with Crippen LogP contribution in [0.15, 0.2) is 42.5 Å². The molecule has 0 aliphatic carbocycles. The SMILES string of the molecule is CN1CC(=O)OB(c2ccc3ccccc3c2)OC(=O)C1. The first-order valence-corrected chi connectivity index (χ1v) is 6.68. The Morgan fingerprint density at radius 2 is 1.57 bits per heavy atom. The smallest absolute Gasteiger partial charge is 0.494 e. The molecule has 5 nitrogen and oxygen atoms in total. The number of benzene rings is 2. The minimum atomic E-state index is -0.983. The number of likely N-dealkylation sites (N-methyl/N-ethyl adjacent to an activating group) is 1. The van der Waals surface area contributed by atoms with Crippen molar-refractivity contribution in [3.63, 3.8) is 0 Å². The molecule has 6 heteroatoms. The number of carbonyl (C=O) groups is 2. The second-order valence-electron chi connectivity index (χ2n) is 5.09. The molecule has 0 bridgehead atoms. The third kappa shape index (κ3) is 3.06. The number of hydrogen-bond acceptors (Lipinski definition) is 5. The van der Waals surface area contributed by atoms with E-state index in [9.17, 15) is 9.59 Å². The molecule has 3 rings (SSSR count). The maximum atomic E-state index is 11.7. The molecule has 0 atom stereocenters. The van der Waals surface area contributed by atoms with Crippen molar-refractivity contribution >= 4 is 35.3 Å². The summed E-state index contributed by atoms with van der Waals surface area (Å²) in [5.74, 6) is -0.827. The molecular weight excluding hydrogens is 269 g/mol. The summed E-state index contributed by atoms with van der Waals surface area (Å²) in [7, 11) is 0.682. The Kier molecular flexibility index (Phi) is 3.62. The van der Waals surface area contributed by atoms with E-state index in [1.807, 2.05) is 36.4 Å². The van der Waals surface area contributed by atoms with E-state index < -0.39 is 19.1 Å². The van der Waals surface area contributed by atoms with Crippen LogP contribution in [0.1, 0.15) is 0 Å². The average molecular weight is 283 g/mol. The minimum absolute atomic E-state index is 0.0686. The molecule has 0 N–H and O–H groups in total. The van der Waals surface area contributed by atoms with Crippen LogP contribution >= 0.6 is 0 Å². The summed E-state index contributed by atoms with van der Waals surface area (Å²) in [4.78, 5) is 25.0. The van der Waals surface area contributed by atoms with Gasteiger partial charge in [-0.2, -0.15) is 0 Å². The summed E-state index contributed by atoms with van der Waals surface area (Å²) in [5, 5.41) is 2.07. The molecule has 106 valence electrons. The normalized spacial score (nSPS) is 17.1. The lowest BCUT2D eigenvalue weighted by Crippen LogP contribution is -2.47. The van der Waals surface area contributed by atoms with Crippen LogP contribution in [0.4, 0.5) is 0 Å². The van der Waals surface area contributed by atoms with Crippen LogP contribution in [0.5, 0.6) is 0 Å². The highest BCUT2D eigenvalue weighted by atomic mass is 16.6. The van der Waals surface area contributed by atoms with Gasteiger partial charge in [-0.15, -0.1) is 0 Å². The Morgan fingerprint density at radius 1 is 0.952 bits per heavy atom. The Labute approximate surface area is 122 Å². The lowest BCUT2D eigenvalue weighted by molar-refractivity contribution is -0.145. The molecule has 0 radical (unpaired) electrons. The fraction of sp³-hybridized carbons (Fsp3) is 0.200. The van der Waals surface area contributed by atoms with Gasteiger partial charge in [0.2, 0.25) is 0 Å². The maximum absolute atomic E-state index is 11.7. The van der Waals surface area contributed by atoms with Crippen molar-refractivity contribution in [2.45, 2.75) is 0 Å². The summed E-state index contributed by atoms with van der Waals surface area (Å²) in [6, 6.07) is 13.4. The molecule has 2 aromatic rings. The van der Waals surface area contributed by atoms with Crippen molar-refractivity contribution in [1.29, 1.82) is 0 Å². The number of fused-ring (bicyclic) bond motifs is 1. The molecule has 1 fully saturated rings. The fourth-order valence-corrected chi connectivity index (χ4v) is 2.32. The number of rotatable bonds is 1. The van der Waals surface area contributed by atoms with Gasteiger partial charge in [0.15, 0.2) is 0 Å². The lowest BCUT2D eigenvalue weighted by atomic mass is 9.77. The molecule has 0 spiro atoms. The number of hydrogen-bond donors (Lipinski definition) is 0. The van der Waals surface area contributed by atoms with E-state index in [0.29, 0.717) is 5.46 Å². The Hall–Kier alpha value is -2.34. The Morgan fingerprint density at radius 3 is 2.24 bits per heavy atom. The predicted molar refractivity (Wildman–Crippen MR) is 79.0 cm³/mol. The van der Waals surface area contributed by atoms with Gasteiger partial charge in [0.1, 0.15) is 0 Å². The van der Waals surface area contributed by atoms with Gasteiger partial charge in [0.25, 0.3) is 0 Å². The van der Waals surface area contributed by atoms with Gasteiger partial charge in [0.05, 0.1) is 13.1 Å². The summed E-state index contributed by atoms with van der Waals surface area (Å²) in [6.45, 7) is 0.137. The highest BCUT2D eigenvalue weighted by molar-refractivity contribution is 6.64. The second-order valence-corrected chi connectivity index (χ2v) is 5.09. The highest BCUT2D eigenvalue weighted by Crippen LogP contribution is 2.12. The van der Waals surface area contributed by atoms with Crippen LogP contribution in [-0.4, -0.2) is 44.1 Å². The first-order chi connectivity index (χ1) is 10.1. The zero-order chi connectivity index (χ0) is 14.8. The van der Waals surface area contributed by atoms with Crippen molar-refractivity contribution in [2.75, 3.05) is 20.1 Å². The van der Waals surface area contributed by atoms with Crippen LogP contribution in [0.2, 0.25) is 0 Å². The summed E-state index contributed by atoms with van der Waals surface area (Å²) in [5.41, 5.74) is 0.653. The van der Waals surface area contributed by atoms with Crippen LogP contribution < -0.4 is 5.46 Å². The van der Waals surface area contributed by atoms with Crippen LogP contribution in [0.25, 0.3) is 10.8 Å². The quantitative estimate of drug-likeness (QED) is 0.716. The summed E-state index contributed by atoms with van der Waals surface area (Å²) >= 11 is 0. The Bertz CT molecular complexity index is 683. The number of nitrogens with zero attached hydrogens (tertiary/aromatic N) is 1. The second kappa shape index (κ2) is 5.57. The number of carbonyl (C=O) groups excluding carboxylic acids is 2. The van der Waals surface area contributed by atoms with E-state index in [2.05, 4.69) is 0 Å². The molecule has 0 saturated carbocycles. The van der Waals surface area contributed by atoms with E-state index in [4.69, 9.17) is 9.31 Å². The maximum Gasteiger partial charge on any atom is 0.636 e. The Balaban J connectivity index is 1.91. The van der Waals surface area contributed by atoms with Crippen molar-refractivity contribution in [3.05, 3.63) is 42.5 Å². The molecule has 0 aromatic heterocycles. The third-order valence-electron chi connectivity index (χ3n) is 3.32. The lowest BCUT2D eigenvalue weighted by Gasteiger charge is -2.22. The van der Waals surface area contributed by atoms with Gasteiger partial charge in [-0.1, -0.05) is 42.5 Å². The van der Waals surface area contributed by atoms with Gasteiger partial charge in [0, 0.05) is 5.46 Å². The molecule has 2 aromatic carbocycles. The van der Waals surface area contributed by atoms with Gasteiger partial charge in [-0.3, -0.25) is 14.5 Å². The average Bonchev–Trinajstić information content (AvgIpc) is 2.44. The zero-order valence-electron chi connectivity index (χ0n) is 11.6. The van der Waals surface area contributed by atoms with Crippen LogP contribution in [0, 0.1) is 0 Å². The van der Waals surface area contributed by atoms with Gasteiger partial charge in [-0.25, -0.2) is 0 Å². The topological polar surface area (TPSA) is 55.8 Å². The van der Waals surface area contributed by atoms with E-state index in [1.165, 1.54) is 0 Å². The molecule has 0 amide bonds. The molecule has 21 heavy (non-hydrogen) atoms. The third-order valence-corrected chi connectivity index (χ3v) is 3.32. The zero-order valence-corrected chi connectivity index (χ0v) is 11.6. The van der Waals surface area contributed by atoms with E-state index >= 15 is 0 Å². The summed E-state index contributed by atoms with van der Waals surface area (Å²) in [6.07, 6.45) is 0. The van der Waals surface area contributed by atoms with Crippen molar-refractivity contribution in [1.82, 2.24) is 4.90 Å². The highest BCUT2D eigenvalue weighted by Gasteiger charge is 2.33. The van der Waals surface area contributed by atoms with Crippen LogP contribution in [0.3, 0.4) is 0 Å². The largest absolute Gasteiger partial charge is 0.636 e. The van der Waals surface area contributed by atoms with Gasteiger partial charge < -0.3 is 9.31 Å². The monoisotopic (exact) mass is 283 g/mol. The summed E-state index contributed by atoms with van der Waals surface area (Å²) < 4.78 is 10.5. The van der Waals surface area contributed by atoms with E-state index in [-0.39, 0.29) is 13.1 Å². The van der Waals surface area contributed by atoms with Gasteiger partial charge >= 0.3 is 19.1 Å². The first kappa shape index (κ1) is 13.6. The van der Waals surface area contributed by atoms with Crippen molar-refractivity contribution in [3.8, 4) is 0 Å². The minimum Gasteiger partial charge on any atom is -0.494 e. The van der Waals surface area contributed by atoms with Crippen LogP contribution in [-0.2, 0) is 18.9 Å². The first-order valence-electron chi connectivity index (χ1n) is 6.68. The fourth-order valence-electron chi connectivity index (χ4n) is 2.32. The van der Waals surface area contributed by atoms with Gasteiger partial charge in [-0.05, 0) is 17.8 Å². The van der Waals surface area contributed by atoms with Crippen molar-refractivity contribution < 1.29 is 18.9 Å². The van der Waals surface area contributed by atoms with Crippen molar-refractivity contribution in [2.24, 2.45) is 0 Å². The molecule has 1 aliphatic rings.